The van der Waals surface area contributed by atoms with Gasteiger partial charge in [0, 0.05) is 19.2 Å². The van der Waals surface area contributed by atoms with Crippen LogP contribution < -0.4 is 11.1 Å². The third-order valence-electron chi connectivity index (χ3n) is 1.88. The zero-order valence-corrected chi connectivity index (χ0v) is 8.23. The normalized spacial score (nSPS) is 12.1. The Morgan fingerprint density at radius 2 is 2.43 bits per heavy atom. The minimum absolute atomic E-state index is 0.0364. The van der Waals surface area contributed by atoms with Gasteiger partial charge in [0.2, 0.25) is 5.91 Å². The first kappa shape index (κ1) is 10.7. The Labute approximate surface area is 83.5 Å². The van der Waals surface area contributed by atoms with Crippen molar-refractivity contribution in [3.8, 4) is 0 Å². The van der Waals surface area contributed by atoms with E-state index in [1.54, 1.807) is 6.20 Å². The fraction of sp³-hybridized carbons (Fsp3) is 0.400. The maximum atomic E-state index is 11.2. The van der Waals surface area contributed by atoms with Crippen LogP contribution in [-0.2, 0) is 4.79 Å². The molecule has 4 heteroatoms. The maximum absolute atomic E-state index is 11.2. The summed E-state index contributed by atoms with van der Waals surface area (Å²) >= 11 is 0. The van der Waals surface area contributed by atoms with Crippen molar-refractivity contribution in [1.82, 2.24) is 10.3 Å². The van der Waals surface area contributed by atoms with E-state index < -0.39 is 0 Å². The van der Waals surface area contributed by atoms with Crippen LogP contribution in [0.4, 0.5) is 0 Å². The molecule has 0 saturated heterocycles. The van der Waals surface area contributed by atoms with Crippen molar-refractivity contribution >= 4 is 5.91 Å². The molecule has 1 heterocycles. The predicted octanol–water partition coefficient (Wildman–Crippen LogP) is 0.608. The minimum atomic E-state index is -0.0600. The zero-order chi connectivity index (χ0) is 10.4. The van der Waals surface area contributed by atoms with E-state index in [0.29, 0.717) is 13.0 Å². The lowest BCUT2D eigenvalue weighted by molar-refractivity contribution is -0.121. The largest absolute Gasteiger partial charge is 0.348 e. The number of hydrogen-bond acceptors (Lipinski definition) is 3. The second-order valence-corrected chi connectivity index (χ2v) is 3.08. The Kier molecular flexibility index (Phi) is 4.07. The molecule has 1 atom stereocenters. The molecule has 0 spiro atoms. The topological polar surface area (TPSA) is 68.0 Å². The molecule has 0 fully saturated rings. The summed E-state index contributed by atoms with van der Waals surface area (Å²) in [6.07, 6.45) is 2.07. The molecule has 0 aliphatic heterocycles. The molecule has 0 aliphatic rings. The van der Waals surface area contributed by atoms with Gasteiger partial charge in [-0.3, -0.25) is 9.78 Å². The lowest BCUT2D eigenvalue weighted by Crippen LogP contribution is -2.28. The van der Waals surface area contributed by atoms with Crippen LogP contribution in [0, 0.1) is 0 Å². The summed E-state index contributed by atoms with van der Waals surface area (Å²) in [6, 6.07) is 5.56. The average Bonchev–Trinajstić information content (AvgIpc) is 2.19. The molecule has 3 N–H and O–H groups in total. The van der Waals surface area contributed by atoms with Crippen LogP contribution in [0.5, 0.6) is 0 Å². The van der Waals surface area contributed by atoms with Crippen molar-refractivity contribution in [3.63, 3.8) is 0 Å². The van der Waals surface area contributed by atoms with Gasteiger partial charge in [0.25, 0.3) is 0 Å². The first-order chi connectivity index (χ1) is 6.74. The Morgan fingerprint density at radius 1 is 1.64 bits per heavy atom. The number of hydrogen-bond donors (Lipinski definition) is 2. The van der Waals surface area contributed by atoms with Gasteiger partial charge in [-0.1, -0.05) is 6.07 Å². The lowest BCUT2D eigenvalue weighted by Gasteiger charge is -2.12. The standard InChI is InChI=1S/C10H15N3O/c1-8(13-10(14)5-6-11)9-4-2-3-7-12-9/h2-4,7-8H,5-6,11H2,1H3,(H,13,14)/t8-/m0/s1. The highest BCUT2D eigenvalue weighted by molar-refractivity contribution is 5.76. The molecule has 76 valence electrons. The lowest BCUT2D eigenvalue weighted by atomic mass is 10.2. The van der Waals surface area contributed by atoms with Gasteiger partial charge in [0.05, 0.1) is 11.7 Å². The van der Waals surface area contributed by atoms with E-state index in [1.807, 2.05) is 25.1 Å². The Balaban J connectivity index is 2.50. The molecule has 1 amide bonds. The average molecular weight is 193 g/mol. The van der Waals surface area contributed by atoms with Gasteiger partial charge in [-0.15, -0.1) is 0 Å². The molecule has 0 unspecified atom stereocenters. The van der Waals surface area contributed by atoms with Crippen molar-refractivity contribution in [2.75, 3.05) is 6.54 Å². The highest BCUT2D eigenvalue weighted by atomic mass is 16.1. The van der Waals surface area contributed by atoms with Crippen LogP contribution in [0.1, 0.15) is 25.1 Å². The molecule has 0 saturated carbocycles. The fourth-order valence-corrected chi connectivity index (χ4v) is 1.15. The molecule has 0 aromatic carbocycles. The number of rotatable bonds is 4. The quantitative estimate of drug-likeness (QED) is 0.736. The third-order valence-corrected chi connectivity index (χ3v) is 1.88. The molecule has 0 bridgehead atoms. The fourth-order valence-electron chi connectivity index (χ4n) is 1.15. The van der Waals surface area contributed by atoms with Gasteiger partial charge < -0.3 is 11.1 Å². The van der Waals surface area contributed by atoms with Crippen LogP contribution in [0.15, 0.2) is 24.4 Å². The van der Waals surface area contributed by atoms with Crippen LogP contribution in [0.3, 0.4) is 0 Å². The highest BCUT2D eigenvalue weighted by Crippen LogP contribution is 2.07. The second-order valence-electron chi connectivity index (χ2n) is 3.08. The van der Waals surface area contributed by atoms with Gasteiger partial charge in [-0.25, -0.2) is 0 Å². The number of aromatic nitrogens is 1. The molecule has 4 nitrogen and oxygen atoms in total. The van der Waals surface area contributed by atoms with Crippen LogP contribution >= 0.6 is 0 Å². The first-order valence-corrected chi connectivity index (χ1v) is 4.64. The summed E-state index contributed by atoms with van der Waals surface area (Å²) < 4.78 is 0. The highest BCUT2D eigenvalue weighted by Gasteiger charge is 2.08. The van der Waals surface area contributed by atoms with E-state index in [9.17, 15) is 4.79 Å². The minimum Gasteiger partial charge on any atom is -0.348 e. The van der Waals surface area contributed by atoms with E-state index in [4.69, 9.17) is 5.73 Å². The summed E-state index contributed by atoms with van der Waals surface area (Å²) in [6.45, 7) is 2.28. The Hall–Kier alpha value is -1.42. The number of amides is 1. The summed E-state index contributed by atoms with van der Waals surface area (Å²) in [5, 5.41) is 2.82. The van der Waals surface area contributed by atoms with Crippen molar-refractivity contribution in [1.29, 1.82) is 0 Å². The summed E-state index contributed by atoms with van der Waals surface area (Å²) in [5.41, 5.74) is 6.13. The summed E-state index contributed by atoms with van der Waals surface area (Å²) in [7, 11) is 0. The SMILES string of the molecule is C[C@H](NC(=O)CCN)c1ccccn1. The monoisotopic (exact) mass is 193 g/mol. The van der Waals surface area contributed by atoms with Crippen LogP contribution in [0.2, 0.25) is 0 Å². The van der Waals surface area contributed by atoms with Gasteiger partial charge in [-0.05, 0) is 19.1 Å². The smallest absolute Gasteiger partial charge is 0.221 e. The third kappa shape index (κ3) is 3.14. The molecule has 0 aliphatic carbocycles. The van der Waals surface area contributed by atoms with Crippen molar-refractivity contribution in [3.05, 3.63) is 30.1 Å². The van der Waals surface area contributed by atoms with E-state index in [1.165, 1.54) is 0 Å². The summed E-state index contributed by atoms with van der Waals surface area (Å²) in [5.74, 6) is -0.0364. The predicted molar refractivity (Wildman–Crippen MR) is 54.5 cm³/mol. The molecule has 1 aromatic heterocycles. The maximum Gasteiger partial charge on any atom is 0.221 e. The molecule has 1 rings (SSSR count). The van der Waals surface area contributed by atoms with E-state index in [2.05, 4.69) is 10.3 Å². The number of nitrogens with zero attached hydrogens (tertiary/aromatic N) is 1. The Bertz CT molecular complexity index is 287. The number of nitrogens with two attached hydrogens (primary N) is 1. The molecule has 14 heavy (non-hydrogen) atoms. The number of pyridine rings is 1. The molecular formula is C10H15N3O. The van der Waals surface area contributed by atoms with Gasteiger partial charge in [0.1, 0.15) is 0 Å². The van der Waals surface area contributed by atoms with Crippen molar-refractivity contribution in [2.45, 2.75) is 19.4 Å². The van der Waals surface area contributed by atoms with Crippen LogP contribution in [-0.4, -0.2) is 17.4 Å². The molecule has 1 aromatic rings. The zero-order valence-electron chi connectivity index (χ0n) is 8.23. The first-order valence-electron chi connectivity index (χ1n) is 4.64. The van der Waals surface area contributed by atoms with E-state index >= 15 is 0 Å². The van der Waals surface area contributed by atoms with E-state index in [-0.39, 0.29) is 11.9 Å². The van der Waals surface area contributed by atoms with Gasteiger partial charge >= 0.3 is 0 Å². The van der Waals surface area contributed by atoms with E-state index in [0.717, 1.165) is 5.69 Å². The second kappa shape index (κ2) is 5.34. The molecule has 0 radical (unpaired) electrons. The molecular weight excluding hydrogens is 178 g/mol. The van der Waals surface area contributed by atoms with Gasteiger partial charge in [-0.2, -0.15) is 0 Å². The van der Waals surface area contributed by atoms with Crippen molar-refractivity contribution < 1.29 is 4.79 Å². The van der Waals surface area contributed by atoms with Crippen molar-refractivity contribution in [2.24, 2.45) is 5.73 Å². The van der Waals surface area contributed by atoms with Crippen LogP contribution in [0.25, 0.3) is 0 Å². The number of carbonyl (C=O) groups excluding carboxylic acids is 1. The summed E-state index contributed by atoms with van der Waals surface area (Å²) in [4.78, 5) is 15.4. The number of carbonyl (C=O) groups is 1. The Morgan fingerprint density at radius 3 is 3.00 bits per heavy atom. The number of nitrogens with one attached hydrogen (secondary N) is 1. The van der Waals surface area contributed by atoms with Gasteiger partial charge in [0.15, 0.2) is 0 Å².